The van der Waals surface area contributed by atoms with E-state index in [0.717, 1.165) is 27.5 Å². The molecule has 0 atom stereocenters. The maximum Gasteiger partial charge on any atom is 0.337 e. The summed E-state index contributed by atoms with van der Waals surface area (Å²) in [6.07, 6.45) is 0. The summed E-state index contributed by atoms with van der Waals surface area (Å²) in [5.41, 5.74) is 6.17. The van der Waals surface area contributed by atoms with Gasteiger partial charge < -0.3 is 9.72 Å². The Balaban J connectivity index is 1.77. The van der Waals surface area contributed by atoms with Gasteiger partial charge >= 0.3 is 5.97 Å². The zero-order valence-corrected chi connectivity index (χ0v) is 14.2. The lowest BCUT2D eigenvalue weighted by Crippen LogP contribution is -2.01. The fourth-order valence-electron chi connectivity index (χ4n) is 2.37. The summed E-state index contributed by atoms with van der Waals surface area (Å²) >= 11 is 1.62. The Morgan fingerprint density at radius 3 is 2.78 bits per heavy atom. The highest BCUT2D eigenvalue weighted by atomic mass is 32.2. The number of carbonyl (C=O) groups excluding carboxylic acids is 1. The van der Waals surface area contributed by atoms with Crippen molar-refractivity contribution in [2.45, 2.75) is 24.8 Å². The van der Waals surface area contributed by atoms with Crippen LogP contribution in [0.1, 0.15) is 27.0 Å². The van der Waals surface area contributed by atoms with Crippen molar-refractivity contribution >= 4 is 28.8 Å². The third kappa shape index (κ3) is 3.40. The molecule has 4 nitrogen and oxygen atoms in total. The Bertz CT molecular complexity index is 832. The summed E-state index contributed by atoms with van der Waals surface area (Å²) in [6.45, 7) is 4.19. The van der Waals surface area contributed by atoms with Crippen LogP contribution < -0.4 is 0 Å². The Morgan fingerprint density at radius 2 is 2.00 bits per heavy atom. The molecule has 118 valence electrons. The van der Waals surface area contributed by atoms with Crippen molar-refractivity contribution in [1.82, 2.24) is 9.97 Å². The van der Waals surface area contributed by atoms with Gasteiger partial charge in [-0.1, -0.05) is 23.9 Å². The zero-order chi connectivity index (χ0) is 16.4. The van der Waals surface area contributed by atoms with E-state index in [2.05, 4.69) is 35.9 Å². The predicted molar refractivity (Wildman–Crippen MR) is 92.9 cm³/mol. The van der Waals surface area contributed by atoms with Gasteiger partial charge in [0.1, 0.15) is 0 Å². The number of thioether (sulfide) groups is 1. The largest absolute Gasteiger partial charge is 0.465 e. The summed E-state index contributed by atoms with van der Waals surface area (Å²) in [5.74, 6) is 0.425. The number of hydrogen-bond acceptors (Lipinski definition) is 4. The highest BCUT2D eigenvalue weighted by Gasteiger charge is 2.08. The number of H-pyrrole nitrogens is 1. The first-order valence-corrected chi connectivity index (χ1v) is 8.32. The van der Waals surface area contributed by atoms with Crippen molar-refractivity contribution in [2.75, 3.05) is 7.11 Å². The van der Waals surface area contributed by atoms with Crippen LogP contribution in [-0.2, 0) is 10.5 Å². The maximum absolute atomic E-state index is 11.6. The van der Waals surface area contributed by atoms with Crippen molar-refractivity contribution in [1.29, 1.82) is 0 Å². The number of nitrogens with zero attached hydrogens (tertiary/aromatic N) is 1. The number of ether oxygens (including phenoxy) is 1. The molecule has 23 heavy (non-hydrogen) atoms. The number of fused-ring (bicyclic) bond motifs is 1. The smallest absolute Gasteiger partial charge is 0.337 e. The van der Waals surface area contributed by atoms with Gasteiger partial charge in [-0.05, 0) is 54.8 Å². The van der Waals surface area contributed by atoms with Crippen LogP contribution in [0.3, 0.4) is 0 Å². The van der Waals surface area contributed by atoms with Gasteiger partial charge in [0.2, 0.25) is 0 Å². The van der Waals surface area contributed by atoms with Crippen LogP contribution in [0.15, 0.2) is 41.6 Å². The molecule has 0 spiro atoms. The number of carbonyl (C=O) groups is 1. The van der Waals surface area contributed by atoms with Crippen LogP contribution in [0.25, 0.3) is 11.0 Å². The topological polar surface area (TPSA) is 55.0 Å². The van der Waals surface area contributed by atoms with Gasteiger partial charge in [0, 0.05) is 5.75 Å². The Kier molecular flexibility index (Phi) is 4.39. The van der Waals surface area contributed by atoms with Gasteiger partial charge in [-0.2, -0.15) is 0 Å². The van der Waals surface area contributed by atoms with Crippen molar-refractivity contribution in [2.24, 2.45) is 0 Å². The Hall–Kier alpha value is -2.27. The lowest BCUT2D eigenvalue weighted by molar-refractivity contribution is 0.0600. The molecule has 3 aromatic rings. The summed E-state index contributed by atoms with van der Waals surface area (Å²) in [6, 6.07) is 11.7. The number of esters is 1. The van der Waals surface area contributed by atoms with Gasteiger partial charge in [0.15, 0.2) is 5.16 Å². The highest BCUT2D eigenvalue weighted by Crippen LogP contribution is 2.25. The summed E-state index contributed by atoms with van der Waals surface area (Å²) in [5, 5.41) is 0.883. The minimum absolute atomic E-state index is 0.313. The minimum atomic E-state index is -0.313. The molecular formula is C18H18N2O2S. The van der Waals surface area contributed by atoms with Crippen LogP contribution in [0.5, 0.6) is 0 Å². The van der Waals surface area contributed by atoms with Gasteiger partial charge in [-0.15, -0.1) is 0 Å². The van der Waals surface area contributed by atoms with Crippen molar-refractivity contribution in [3.05, 3.63) is 58.7 Å². The molecule has 0 saturated heterocycles. The van der Waals surface area contributed by atoms with E-state index in [0.29, 0.717) is 5.56 Å². The second-order valence-electron chi connectivity index (χ2n) is 5.48. The maximum atomic E-state index is 11.6. The minimum Gasteiger partial charge on any atom is -0.465 e. The number of methoxy groups -OCH3 is 1. The molecule has 1 heterocycles. The van der Waals surface area contributed by atoms with Gasteiger partial charge in [0.05, 0.1) is 23.7 Å². The second-order valence-corrected chi connectivity index (χ2v) is 6.44. The third-order valence-electron chi connectivity index (χ3n) is 3.80. The molecule has 0 radical (unpaired) electrons. The molecule has 0 aliphatic heterocycles. The van der Waals surface area contributed by atoms with E-state index in [1.807, 2.05) is 18.2 Å². The molecule has 0 unspecified atom stereocenters. The Morgan fingerprint density at radius 1 is 1.22 bits per heavy atom. The third-order valence-corrected chi connectivity index (χ3v) is 4.74. The van der Waals surface area contributed by atoms with Crippen LogP contribution in [0.4, 0.5) is 0 Å². The molecule has 0 amide bonds. The van der Waals surface area contributed by atoms with Gasteiger partial charge in [-0.25, -0.2) is 9.78 Å². The molecule has 5 heteroatoms. The van der Waals surface area contributed by atoms with Crippen LogP contribution >= 0.6 is 11.8 Å². The highest BCUT2D eigenvalue weighted by molar-refractivity contribution is 7.98. The Labute approximate surface area is 139 Å². The SMILES string of the molecule is COC(=O)c1cccc(CSc2nc3cc(C)c(C)cc3[nH]2)c1. The van der Waals surface area contributed by atoms with Gasteiger partial charge in [-0.3, -0.25) is 0 Å². The number of aromatic nitrogens is 2. The first-order chi connectivity index (χ1) is 11.1. The molecule has 1 N–H and O–H groups in total. The average molecular weight is 326 g/mol. The van der Waals surface area contributed by atoms with E-state index in [-0.39, 0.29) is 5.97 Å². The van der Waals surface area contributed by atoms with E-state index in [1.54, 1.807) is 17.8 Å². The normalized spacial score (nSPS) is 10.9. The van der Waals surface area contributed by atoms with E-state index in [1.165, 1.54) is 18.2 Å². The quantitative estimate of drug-likeness (QED) is 0.575. The van der Waals surface area contributed by atoms with Gasteiger partial charge in [0.25, 0.3) is 0 Å². The number of imidazole rings is 1. The zero-order valence-electron chi connectivity index (χ0n) is 13.3. The molecular weight excluding hydrogens is 308 g/mol. The number of hydrogen-bond donors (Lipinski definition) is 1. The van der Waals surface area contributed by atoms with Crippen molar-refractivity contribution in [3.63, 3.8) is 0 Å². The fourth-order valence-corrected chi connectivity index (χ4v) is 3.20. The number of benzene rings is 2. The average Bonchev–Trinajstić information content (AvgIpc) is 2.94. The molecule has 3 rings (SSSR count). The lowest BCUT2D eigenvalue weighted by atomic mass is 10.1. The van der Waals surface area contributed by atoms with Crippen LogP contribution in [-0.4, -0.2) is 23.0 Å². The fraction of sp³-hybridized carbons (Fsp3) is 0.222. The molecule has 0 saturated carbocycles. The molecule has 0 aliphatic carbocycles. The lowest BCUT2D eigenvalue weighted by Gasteiger charge is -2.02. The second kappa shape index (κ2) is 6.46. The number of aryl methyl sites for hydroxylation is 2. The molecule has 2 aromatic carbocycles. The molecule has 0 aliphatic rings. The van der Waals surface area contributed by atoms with Crippen LogP contribution in [0, 0.1) is 13.8 Å². The van der Waals surface area contributed by atoms with E-state index in [9.17, 15) is 4.79 Å². The number of aromatic amines is 1. The van der Waals surface area contributed by atoms with Crippen molar-refractivity contribution < 1.29 is 9.53 Å². The van der Waals surface area contributed by atoms with E-state index >= 15 is 0 Å². The first-order valence-electron chi connectivity index (χ1n) is 7.34. The standard InChI is InChI=1S/C18H18N2O2S/c1-11-7-15-16(8-12(11)2)20-18(19-15)23-10-13-5-4-6-14(9-13)17(21)22-3/h4-9H,10H2,1-3H3,(H,19,20). The number of rotatable bonds is 4. The molecule has 0 fully saturated rings. The predicted octanol–water partition coefficient (Wildman–Crippen LogP) is 4.26. The monoisotopic (exact) mass is 326 g/mol. The van der Waals surface area contributed by atoms with E-state index < -0.39 is 0 Å². The first kappa shape index (κ1) is 15.6. The van der Waals surface area contributed by atoms with Crippen LogP contribution in [0.2, 0.25) is 0 Å². The number of nitrogens with one attached hydrogen (secondary N) is 1. The molecule has 0 bridgehead atoms. The van der Waals surface area contributed by atoms with Crippen molar-refractivity contribution in [3.8, 4) is 0 Å². The summed E-state index contributed by atoms with van der Waals surface area (Å²) < 4.78 is 4.75. The van der Waals surface area contributed by atoms with E-state index in [4.69, 9.17) is 4.74 Å². The summed E-state index contributed by atoms with van der Waals surface area (Å²) in [7, 11) is 1.39. The summed E-state index contributed by atoms with van der Waals surface area (Å²) in [4.78, 5) is 19.5. The molecule has 1 aromatic heterocycles.